The van der Waals surface area contributed by atoms with Crippen molar-refractivity contribution in [3.8, 4) is 0 Å². The van der Waals surface area contributed by atoms with Crippen molar-refractivity contribution in [2.24, 2.45) is 0 Å². The summed E-state index contributed by atoms with van der Waals surface area (Å²) in [7, 11) is 0. The van der Waals surface area contributed by atoms with Gasteiger partial charge in [0, 0.05) is 19.3 Å². The second-order valence-corrected chi connectivity index (χ2v) is 21.7. The molecule has 0 N–H and O–H groups in total. The van der Waals surface area contributed by atoms with Gasteiger partial charge in [-0.05, 0) is 77.0 Å². The zero-order valence-electron chi connectivity index (χ0n) is 49.4. The lowest BCUT2D eigenvalue weighted by Crippen LogP contribution is -2.30. The van der Waals surface area contributed by atoms with E-state index in [2.05, 4.69) is 81.5 Å². The van der Waals surface area contributed by atoms with E-state index in [4.69, 9.17) is 14.2 Å². The Balaban J connectivity index is 4.35. The monoisotopic (exact) mass is 1030 g/mol. The van der Waals surface area contributed by atoms with Crippen molar-refractivity contribution in [3.63, 3.8) is 0 Å². The average Bonchev–Trinajstić information content (AvgIpc) is 3.40. The summed E-state index contributed by atoms with van der Waals surface area (Å²) in [5, 5.41) is 0. The fourth-order valence-corrected chi connectivity index (χ4v) is 9.45. The van der Waals surface area contributed by atoms with E-state index in [0.29, 0.717) is 19.3 Å². The first-order chi connectivity index (χ1) is 36.5. The summed E-state index contributed by atoms with van der Waals surface area (Å²) in [4.78, 5) is 38.4. The molecular formula is C68H122O6. The topological polar surface area (TPSA) is 78.9 Å². The van der Waals surface area contributed by atoms with Crippen molar-refractivity contribution in [3.05, 3.63) is 60.8 Å². The van der Waals surface area contributed by atoms with E-state index in [0.717, 1.165) is 77.0 Å². The van der Waals surface area contributed by atoms with Crippen LogP contribution in [0.2, 0.25) is 0 Å². The number of rotatable bonds is 59. The van der Waals surface area contributed by atoms with Crippen LogP contribution in [0.5, 0.6) is 0 Å². The van der Waals surface area contributed by atoms with Crippen LogP contribution in [-0.2, 0) is 28.6 Å². The van der Waals surface area contributed by atoms with Gasteiger partial charge in [0.05, 0.1) is 0 Å². The van der Waals surface area contributed by atoms with E-state index in [1.807, 2.05) is 0 Å². The zero-order chi connectivity index (χ0) is 53.6. The van der Waals surface area contributed by atoms with Gasteiger partial charge in [0.15, 0.2) is 6.10 Å². The summed E-state index contributed by atoms with van der Waals surface area (Å²) in [5.74, 6) is -0.862. The molecular weight excluding hydrogens is 913 g/mol. The van der Waals surface area contributed by atoms with Crippen LogP contribution < -0.4 is 0 Å². The number of hydrogen-bond donors (Lipinski definition) is 0. The lowest BCUT2D eigenvalue weighted by atomic mass is 10.0. The number of unbranched alkanes of at least 4 members (excludes halogenated alkanes) is 39. The molecule has 6 heteroatoms. The van der Waals surface area contributed by atoms with E-state index in [1.165, 1.54) is 218 Å². The number of hydrogen-bond acceptors (Lipinski definition) is 6. The number of esters is 3. The molecule has 1 atom stereocenters. The molecule has 0 amide bonds. The summed E-state index contributed by atoms with van der Waals surface area (Å²) < 4.78 is 17.0. The molecule has 1 unspecified atom stereocenters. The van der Waals surface area contributed by atoms with Crippen LogP contribution in [0.15, 0.2) is 60.8 Å². The minimum Gasteiger partial charge on any atom is -0.462 e. The lowest BCUT2D eigenvalue weighted by Gasteiger charge is -2.18. The van der Waals surface area contributed by atoms with Crippen LogP contribution in [0.25, 0.3) is 0 Å². The fraction of sp³-hybridized carbons (Fsp3) is 0.809. The maximum atomic E-state index is 12.9. The maximum absolute atomic E-state index is 12.9. The maximum Gasteiger partial charge on any atom is 0.306 e. The fourth-order valence-electron chi connectivity index (χ4n) is 9.45. The zero-order valence-corrected chi connectivity index (χ0v) is 49.4. The Bertz CT molecular complexity index is 1330. The predicted molar refractivity (Wildman–Crippen MR) is 321 cm³/mol. The van der Waals surface area contributed by atoms with Gasteiger partial charge in [-0.15, -0.1) is 0 Å². The van der Waals surface area contributed by atoms with Crippen molar-refractivity contribution < 1.29 is 28.6 Å². The van der Waals surface area contributed by atoms with Crippen molar-refractivity contribution in [1.29, 1.82) is 0 Å². The molecule has 0 radical (unpaired) electrons. The largest absolute Gasteiger partial charge is 0.462 e. The molecule has 0 heterocycles. The van der Waals surface area contributed by atoms with E-state index >= 15 is 0 Å². The molecule has 0 aromatic rings. The van der Waals surface area contributed by atoms with Crippen LogP contribution in [0.4, 0.5) is 0 Å². The van der Waals surface area contributed by atoms with Gasteiger partial charge < -0.3 is 14.2 Å². The Labute approximate surface area is 460 Å². The van der Waals surface area contributed by atoms with Crippen LogP contribution in [0.1, 0.15) is 335 Å². The third-order valence-electron chi connectivity index (χ3n) is 14.3. The van der Waals surface area contributed by atoms with Crippen molar-refractivity contribution in [2.75, 3.05) is 13.2 Å². The quantitative estimate of drug-likeness (QED) is 0.0199. The van der Waals surface area contributed by atoms with Crippen LogP contribution in [0.3, 0.4) is 0 Å². The molecule has 0 saturated carbocycles. The highest BCUT2D eigenvalue weighted by Gasteiger charge is 2.19. The SMILES string of the molecule is CC/C=C\C/C=C\C/C=C\CCCCCCCCCCCC(=O)OCC(COC(=O)CCCCCCCCCCCCCCCCCCCC)OC(=O)CCCCCCCCCCCC/C=C\C=C/CCCCC. The van der Waals surface area contributed by atoms with Gasteiger partial charge in [0.2, 0.25) is 0 Å². The van der Waals surface area contributed by atoms with E-state index in [9.17, 15) is 14.4 Å². The Morgan fingerprint density at radius 1 is 0.297 bits per heavy atom. The molecule has 6 nitrogen and oxygen atoms in total. The summed E-state index contributed by atoms with van der Waals surface area (Å²) >= 11 is 0. The highest BCUT2D eigenvalue weighted by molar-refractivity contribution is 5.71. The highest BCUT2D eigenvalue weighted by Crippen LogP contribution is 2.17. The molecule has 0 aliphatic rings. The first-order valence-electron chi connectivity index (χ1n) is 32.3. The lowest BCUT2D eigenvalue weighted by molar-refractivity contribution is -0.167. The van der Waals surface area contributed by atoms with Gasteiger partial charge in [0.1, 0.15) is 13.2 Å². The Kier molecular flexibility index (Phi) is 60.2. The molecule has 430 valence electrons. The van der Waals surface area contributed by atoms with Crippen molar-refractivity contribution in [2.45, 2.75) is 341 Å². The van der Waals surface area contributed by atoms with Gasteiger partial charge in [0.25, 0.3) is 0 Å². The smallest absolute Gasteiger partial charge is 0.306 e. The summed E-state index contributed by atoms with van der Waals surface area (Å²) in [6, 6.07) is 0. The number of ether oxygens (including phenoxy) is 3. The van der Waals surface area contributed by atoms with Gasteiger partial charge in [-0.2, -0.15) is 0 Å². The highest BCUT2D eigenvalue weighted by atomic mass is 16.6. The van der Waals surface area contributed by atoms with Crippen LogP contribution >= 0.6 is 0 Å². The van der Waals surface area contributed by atoms with Crippen LogP contribution in [0, 0.1) is 0 Å². The Morgan fingerprint density at radius 3 is 0.932 bits per heavy atom. The molecule has 0 aromatic heterocycles. The van der Waals surface area contributed by atoms with Crippen molar-refractivity contribution in [1.82, 2.24) is 0 Å². The van der Waals surface area contributed by atoms with Crippen molar-refractivity contribution >= 4 is 17.9 Å². The standard InChI is InChI=1S/C68H122O6/c1-4-7-10-13-16-19-22-25-28-31-34-37-40-43-46-49-52-55-58-61-67(70)73-64-65(63-72-66(69)60-57-54-51-48-45-42-39-36-33-30-27-24-21-18-15-12-9-6-3)74-68(71)62-59-56-53-50-47-44-41-38-35-32-29-26-23-20-17-14-11-8-5-2/h7,10,16-17,19-20,23,25-26,28,65H,4-6,8-9,11-15,18,21-22,24,27,29-64H2,1-3H3/b10-7-,19-16-,20-17-,26-23-,28-25-. The van der Waals surface area contributed by atoms with Gasteiger partial charge >= 0.3 is 17.9 Å². The van der Waals surface area contributed by atoms with E-state index in [1.54, 1.807) is 0 Å². The third kappa shape index (κ3) is 60.0. The minimum absolute atomic E-state index is 0.0735. The Morgan fingerprint density at radius 2 is 0.568 bits per heavy atom. The number of allylic oxidation sites excluding steroid dienone is 10. The second kappa shape index (κ2) is 62.6. The molecule has 0 rings (SSSR count). The molecule has 0 fully saturated rings. The van der Waals surface area contributed by atoms with E-state index < -0.39 is 6.10 Å². The number of carbonyl (C=O) groups is 3. The molecule has 0 aliphatic heterocycles. The van der Waals surface area contributed by atoms with Gasteiger partial charge in [-0.1, -0.05) is 300 Å². The predicted octanol–water partition coefficient (Wildman–Crippen LogP) is 21.9. The average molecular weight is 1040 g/mol. The normalized spacial score (nSPS) is 12.4. The first-order valence-corrected chi connectivity index (χ1v) is 32.3. The molecule has 0 aliphatic carbocycles. The molecule has 0 aromatic carbocycles. The van der Waals surface area contributed by atoms with E-state index in [-0.39, 0.29) is 31.1 Å². The van der Waals surface area contributed by atoms with Gasteiger partial charge in [-0.25, -0.2) is 0 Å². The second-order valence-electron chi connectivity index (χ2n) is 21.7. The van der Waals surface area contributed by atoms with Gasteiger partial charge in [-0.3, -0.25) is 14.4 Å². The van der Waals surface area contributed by atoms with Crippen LogP contribution in [-0.4, -0.2) is 37.2 Å². The summed E-state index contributed by atoms with van der Waals surface area (Å²) in [6.45, 7) is 6.55. The Hall–Kier alpha value is -2.89. The molecule has 74 heavy (non-hydrogen) atoms. The number of carbonyl (C=O) groups excluding carboxylic acids is 3. The molecule has 0 saturated heterocycles. The summed E-state index contributed by atoms with van der Waals surface area (Å²) in [6.07, 6.45) is 79.3. The molecule has 0 spiro atoms. The minimum atomic E-state index is -0.778. The third-order valence-corrected chi connectivity index (χ3v) is 14.3. The molecule has 0 bridgehead atoms. The summed E-state index contributed by atoms with van der Waals surface area (Å²) in [5.41, 5.74) is 0. The first kappa shape index (κ1) is 71.1.